The lowest BCUT2D eigenvalue weighted by molar-refractivity contribution is -0.144. The molecular weight excluding hydrogens is 502 g/mol. The molecule has 1 aromatic rings. The van der Waals surface area contributed by atoms with Crippen molar-refractivity contribution in [2.24, 2.45) is 0 Å². The standard InChI is InChI=1S/C29H47N3O7/c1-7-10-11-12-19-32(27(36)23(20-33)31-28(37)39-29(4,5)6)25(22-15-13-21(8-2)14-16-22)26(35)30-18-17-24(34)38-9-3/h13-16,23,25,33H,7-12,17-20H2,1-6H3,(H,30,35)(H,31,37). The lowest BCUT2D eigenvalue weighted by atomic mass is 10.00. The van der Waals surface area contributed by atoms with Gasteiger partial charge in [-0.3, -0.25) is 14.4 Å². The van der Waals surface area contributed by atoms with Crippen molar-refractivity contribution in [2.45, 2.75) is 97.8 Å². The molecule has 220 valence electrons. The number of hydrogen-bond donors (Lipinski definition) is 3. The maximum Gasteiger partial charge on any atom is 0.408 e. The Kier molecular flexibility index (Phi) is 15.2. The minimum atomic E-state index is -1.31. The van der Waals surface area contributed by atoms with E-state index in [0.717, 1.165) is 31.2 Å². The first-order chi connectivity index (χ1) is 18.5. The maximum atomic E-state index is 13.8. The van der Waals surface area contributed by atoms with E-state index in [9.17, 15) is 24.3 Å². The van der Waals surface area contributed by atoms with Gasteiger partial charge in [0, 0.05) is 13.1 Å². The predicted molar refractivity (Wildman–Crippen MR) is 149 cm³/mol. The van der Waals surface area contributed by atoms with Gasteiger partial charge in [0.25, 0.3) is 0 Å². The summed E-state index contributed by atoms with van der Waals surface area (Å²) in [5.41, 5.74) is 0.856. The lowest BCUT2D eigenvalue weighted by Gasteiger charge is -2.34. The molecule has 0 saturated carbocycles. The number of carbonyl (C=O) groups excluding carboxylic acids is 4. The van der Waals surface area contributed by atoms with E-state index < -0.39 is 48.2 Å². The first-order valence-corrected chi connectivity index (χ1v) is 13.9. The molecule has 10 nitrogen and oxygen atoms in total. The van der Waals surface area contributed by atoms with Gasteiger partial charge >= 0.3 is 12.1 Å². The summed E-state index contributed by atoms with van der Waals surface area (Å²) in [5.74, 6) is -1.51. The Labute approximate surface area is 232 Å². The number of nitrogens with zero attached hydrogens (tertiary/aromatic N) is 1. The summed E-state index contributed by atoms with van der Waals surface area (Å²) in [6.45, 7) is 10.7. The number of unbranched alkanes of at least 4 members (excludes halogenated alkanes) is 3. The smallest absolute Gasteiger partial charge is 0.408 e. The Hall–Kier alpha value is -3.14. The number of carbonyl (C=O) groups is 4. The Morgan fingerprint density at radius 1 is 1.00 bits per heavy atom. The topological polar surface area (TPSA) is 134 Å². The van der Waals surface area contributed by atoms with E-state index in [2.05, 4.69) is 17.6 Å². The van der Waals surface area contributed by atoms with Gasteiger partial charge in [-0.25, -0.2) is 4.79 Å². The van der Waals surface area contributed by atoms with Crippen molar-refractivity contribution in [3.63, 3.8) is 0 Å². The second kappa shape index (κ2) is 17.4. The highest BCUT2D eigenvalue weighted by atomic mass is 16.6. The number of hydrogen-bond acceptors (Lipinski definition) is 7. The van der Waals surface area contributed by atoms with Gasteiger partial charge in [-0.1, -0.05) is 57.4 Å². The van der Waals surface area contributed by atoms with Crippen LogP contribution in [0.2, 0.25) is 0 Å². The number of aliphatic hydroxyl groups excluding tert-OH is 1. The molecule has 3 N–H and O–H groups in total. The minimum absolute atomic E-state index is 0.00894. The fourth-order valence-electron chi connectivity index (χ4n) is 3.94. The van der Waals surface area contributed by atoms with Crippen LogP contribution in [0, 0.1) is 0 Å². The van der Waals surface area contributed by atoms with E-state index >= 15 is 0 Å². The molecule has 0 fully saturated rings. The molecule has 0 heterocycles. The van der Waals surface area contributed by atoms with Crippen LogP contribution in [0.15, 0.2) is 24.3 Å². The zero-order valence-electron chi connectivity index (χ0n) is 24.4. The van der Waals surface area contributed by atoms with Crippen LogP contribution in [0.3, 0.4) is 0 Å². The van der Waals surface area contributed by atoms with E-state index in [0.29, 0.717) is 12.0 Å². The summed E-state index contributed by atoms with van der Waals surface area (Å²) in [5, 5.41) is 15.2. The highest BCUT2D eigenvalue weighted by Gasteiger charge is 2.36. The van der Waals surface area contributed by atoms with E-state index in [1.165, 1.54) is 4.90 Å². The molecule has 0 spiro atoms. The molecule has 2 atom stereocenters. The van der Waals surface area contributed by atoms with Gasteiger partial charge in [0.15, 0.2) is 0 Å². The number of nitrogens with one attached hydrogen (secondary N) is 2. The molecular formula is C29H47N3O7. The van der Waals surface area contributed by atoms with Gasteiger partial charge in [-0.05, 0) is 51.7 Å². The van der Waals surface area contributed by atoms with Crippen molar-refractivity contribution >= 4 is 23.9 Å². The van der Waals surface area contributed by atoms with Crippen LogP contribution in [0.25, 0.3) is 0 Å². The molecule has 0 aliphatic carbocycles. The summed E-state index contributed by atoms with van der Waals surface area (Å²) in [7, 11) is 0. The minimum Gasteiger partial charge on any atom is -0.466 e. The molecule has 0 aliphatic heterocycles. The molecule has 0 bridgehead atoms. The molecule has 0 aliphatic rings. The van der Waals surface area contributed by atoms with Crippen molar-refractivity contribution in [1.82, 2.24) is 15.5 Å². The highest BCUT2D eigenvalue weighted by Crippen LogP contribution is 2.24. The van der Waals surface area contributed by atoms with E-state index in [-0.39, 0.29) is 26.1 Å². The van der Waals surface area contributed by atoms with Crippen LogP contribution >= 0.6 is 0 Å². The molecule has 3 amide bonds. The largest absolute Gasteiger partial charge is 0.466 e. The Morgan fingerprint density at radius 3 is 2.21 bits per heavy atom. The second-order valence-electron chi connectivity index (χ2n) is 10.3. The van der Waals surface area contributed by atoms with Crippen molar-refractivity contribution in [3.8, 4) is 0 Å². The maximum absolute atomic E-state index is 13.8. The van der Waals surface area contributed by atoms with Gasteiger partial charge < -0.3 is 30.1 Å². The third-order valence-corrected chi connectivity index (χ3v) is 5.90. The van der Waals surface area contributed by atoms with Gasteiger partial charge in [0.05, 0.1) is 19.6 Å². The van der Waals surface area contributed by atoms with Crippen molar-refractivity contribution in [2.75, 3.05) is 26.3 Å². The lowest BCUT2D eigenvalue weighted by Crippen LogP contribution is -2.54. The van der Waals surface area contributed by atoms with Crippen LogP contribution < -0.4 is 10.6 Å². The first kappa shape index (κ1) is 33.9. The second-order valence-corrected chi connectivity index (χ2v) is 10.3. The van der Waals surface area contributed by atoms with Crippen LogP contribution in [-0.2, 0) is 30.3 Å². The summed E-state index contributed by atoms with van der Waals surface area (Å²) in [6.07, 6.45) is 3.38. The molecule has 0 saturated heterocycles. The van der Waals surface area contributed by atoms with Crippen LogP contribution in [-0.4, -0.2) is 71.8 Å². The van der Waals surface area contributed by atoms with Crippen molar-refractivity contribution < 1.29 is 33.8 Å². The predicted octanol–water partition coefficient (Wildman–Crippen LogP) is 3.65. The molecule has 10 heteroatoms. The Bertz CT molecular complexity index is 912. The Balaban J connectivity index is 3.34. The average Bonchev–Trinajstić information content (AvgIpc) is 2.88. The van der Waals surface area contributed by atoms with E-state index in [1.54, 1.807) is 39.8 Å². The monoisotopic (exact) mass is 549 g/mol. The normalized spacial score (nSPS) is 12.7. The molecule has 39 heavy (non-hydrogen) atoms. The zero-order valence-corrected chi connectivity index (χ0v) is 24.4. The quantitative estimate of drug-likeness (QED) is 0.212. The van der Waals surface area contributed by atoms with Gasteiger partial charge in [-0.15, -0.1) is 0 Å². The summed E-state index contributed by atoms with van der Waals surface area (Å²) in [6, 6.07) is 5.05. The van der Waals surface area contributed by atoms with Gasteiger partial charge in [0.2, 0.25) is 11.8 Å². The SMILES string of the molecule is CCCCCCN(C(=O)C(CO)NC(=O)OC(C)(C)C)C(C(=O)NCCC(=O)OCC)c1ccc(CC)cc1. The average molecular weight is 550 g/mol. The van der Waals surface area contributed by atoms with Crippen LogP contribution in [0.5, 0.6) is 0 Å². The first-order valence-electron chi connectivity index (χ1n) is 13.9. The number of alkyl carbamates (subject to hydrolysis) is 1. The molecule has 0 radical (unpaired) electrons. The van der Waals surface area contributed by atoms with Crippen LogP contribution in [0.4, 0.5) is 4.79 Å². The number of rotatable bonds is 16. The number of benzene rings is 1. The summed E-state index contributed by atoms with van der Waals surface area (Å²) >= 11 is 0. The molecule has 1 rings (SSSR count). The van der Waals surface area contributed by atoms with Crippen LogP contribution in [0.1, 0.15) is 90.8 Å². The summed E-state index contributed by atoms with van der Waals surface area (Å²) < 4.78 is 10.2. The van der Waals surface area contributed by atoms with Crippen molar-refractivity contribution in [1.29, 1.82) is 0 Å². The fourth-order valence-corrected chi connectivity index (χ4v) is 3.94. The third-order valence-electron chi connectivity index (χ3n) is 5.90. The number of aryl methyl sites for hydroxylation is 1. The fraction of sp³-hybridized carbons (Fsp3) is 0.655. The number of aliphatic hydroxyl groups is 1. The number of amides is 3. The molecule has 2 unspecified atom stereocenters. The van der Waals surface area contributed by atoms with E-state index in [1.807, 2.05) is 19.1 Å². The van der Waals surface area contributed by atoms with Crippen molar-refractivity contribution in [3.05, 3.63) is 35.4 Å². The number of ether oxygens (including phenoxy) is 2. The van der Waals surface area contributed by atoms with Gasteiger partial charge in [0.1, 0.15) is 17.7 Å². The van der Waals surface area contributed by atoms with Gasteiger partial charge in [-0.2, -0.15) is 0 Å². The molecule has 0 aromatic heterocycles. The highest BCUT2D eigenvalue weighted by molar-refractivity contribution is 5.92. The van der Waals surface area contributed by atoms with E-state index in [4.69, 9.17) is 9.47 Å². The Morgan fingerprint density at radius 2 is 1.67 bits per heavy atom. The number of esters is 1. The summed E-state index contributed by atoms with van der Waals surface area (Å²) in [4.78, 5) is 53.0. The zero-order chi connectivity index (χ0) is 29.4. The third kappa shape index (κ3) is 12.5. The molecule has 1 aromatic carbocycles.